The molecule has 3 nitrogen and oxygen atoms in total. The van der Waals surface area contributed by atoms with Crippen LogP contribution in [0.15, 0.2) is 0 Å². The molecule has 1 saturated heterocycles. The highest BCUT2D eigenvalue weighted by Gasteiger charge is 2.33. The average Bonchev–Trinajstić information content (AvgIpc) is 2.50. The summed E-state index contributed by atoms with van der Waals surface area (Å²) in [5.74, 6) is 0.720. The SMILES string of the molecule is CCC(CC)(CS)CN1C(=O)CCCCC1=O. The smallest absolute Gasteiger partial charge is 0.229 e. The first kappa shape index (κ1) is 14.6. The maximum absolute atomic E-state index is 11.9. The molecule has 1 rings (SSSR count). The molecule has 98 valence electrons. The predicted octanol–water partition coefficient (Wildman–Crippen LogP) is 2.65. The number of likely N-dealkylation sites (tertiary alicyclic amines) is 1. The number of imide groups is 1. The number of nitrogens with zero attached hydrogens (tertiary/aromatic N) is 1. The molecular formula is C13H23NO2S. The van der Waals surface area contributed by atoms with Crippen LogP contribution >= 0.6 is 12.6 Å². The molecule has 1 aliphatic rings. The van der Waals surface area contributed by atoms with Crippen molar-refractivity contribution in [2.75, 3.05) is 12.3 Å². The fourth-order valence-corrected chi connectivity index (χ4v) is 2.77. The Labute approximate surface area is 109 Å². The lowest BCUT2D eigenvalue weighted by Gasteiger charge is -2.34. The third-order valence-corrected chi connectivity index (χ3v) is 4.63. The summed E-state index contributed by atoms with van der Waals surface area (Å²) in [6.45, 7) is 4.75. The molecule has 0 spiro atoms. The van der Waals surface area contributed by atoms with Gasteiger partial charge in [-0.15, -0.1) is 0 Å². The molecule has 0 atom stereocenters. The Hall–Kier alpha value is -0.510. The molecule has 0 saturated carbocycles. The lowest BCUT2D eigenvalue weighted by Crippen LogP contribution is -2.44. The standard InChI is InChI=1S/C13H23NO2S/c1-3-13(4-2,10-17)9-14-11(15)7-5-6-8-12(14)16/h17H,3-10H2,1-2H3. The van der Waals surface area contributed by atoms with Crippen LogP contribution in [-0.2, 0) is 9.59 Å². The monoisotopic (exact) mass is 257 g/mol. The number of hydrogen-bond acceptors (Lipinski definition) is 3. The highest BCUT2D eigenvalue weighted by molar-refractivity contribution is 7.80. The Morgan fingerprint density at radius 2 is 1.59 bits per heavy atom. The number of thiol groups is 1. The molecule has 0 aliphatic carbocycles. The van der Waals surface area contributed by atoms with Gasteiger partial charge in [0.15, 0.2) is 0 Å². The molecular weight excluding hydrogens is 234 g/mol. The number of carbonyl (C=O) groups is 2. The van der Waals surface area contributed by atoms with Crippen LogP contribution in [0.25, 0.3) is 0 Å². The fraction of sp³-hybridized carbons (Fsp3) is 0.846. The van der Waals surface area contributed by atoms with E-state index in [1.165, 1.54) is 4.90 Å². The van der Waals surface area contributed by atoms with Crippen molar-refractivity contribution < 1.29 is 9.59 Å². The van der Waals surface area contributed by atoms with Crippen molar-refractivity contribution in [2.45, 2.75) is 52.4 Å². The molecule has 0 bridgehead atoms. The third-order valence-electron chi connectivity index (χ3n) is 3.96. The maximum Gasteiger partial charge on any atom is 0.229 e. The summed E-state index contributed by atoms with van der Waals surface area (Å²) >= 11 is 4.40. The van der Waals surface area contributed by atoms with E-state index in [4.69, 9.17) is 0 Å². The minimum atomic E-state index is -0.0151. The topological polar surface area (TPSA) is 37.4 Å². The van der Waals surface area contributed by atoms with Gasteiger partial charge in [0.2, 0.25) is 11.8 Å². The molecule has 4 heteroatoms. The van der Waals surface area contributed by atoms with Gasteiger partial charge in [0, 0.05) is 19.4 Å². The van der Waals surface area contributed by atoms with E-state index in [-0.39, 0.29) is 17.2 Å². The summed E-state index contributed by atoms with van der Waals surface area (Å²) in [5, 5.41) is 0. The van der Waals surface area contributed by atoms with Crippen LogP contribution in [0.2, 0.25) is 0 Å². The van der Waals surface area contributed by atoms with Gasteiger partial charge in [0.25, 0.3) is 0 Å². The maximum atomic E-state index is 11.9. The van der Waals surface area contributed by atoms with Gasteiger partial charge in [-0.25, -0.2) is 0 Å². The van der Waals surface area contributed by atoms with Crippen molar-refractivity contribution in [1.29, 1.82) is 0 Å². The van der Waals surface area contributed by atoms with E-state index in [0.29, 0.717) is 19.4 Å². The van der Waals surface area contributed by atoms with Gasteiger partial charge in [-0.3, -0.25) is 14.5 Å². The number of rotatable bonds is 5. The lowest BCUT2D eigenvalue weighted by atomic mass is 9.83. The summed E-state index contributed by atoms with van der Waals surface area (Å²) in [4.78, 5) is 25.3. The Balaban J connectivity index is 2.81. The summed E-state index contributed by atoms with van der Waals surface area (Å²) < 4.78 is 0. The van der Waals surface area contributed by atoms with Crippen LogP contribution in [0.4, 0.5) is 0 Å². The molecule has 0 N–H and O–H groups in total. The van der Waals surface area contributed by atoms with Crippen LogP contribution in [0.3, 0.4) is 0 Å². The molecule has 1 fully saturated rings. The van der Waals surface area contributed by atoms with E-state index >= 15 is 0 Å². The van der Waals surface area contributed by atoms with E-state index in [1.807, 2.05) is 0 Å². The molecule has 1 heterocycles. The van der Waals surface area contributed by atoms with Gasteiger partial charge in [0.1, 0.15) is 0 Å². The summed E-state index contributed by atoms with van der Waals surface area (Å²) in [5.41, 5.74) is -0.0151. The molecule has 0 aromatic heterocycles. The van der Waals surface area contributed by atoms with E-state index in [0.717, 1.165) is 31.4 Å². The number of carbonyl (C=O) groups excluding carboxylic acids is 2. The first-order valence-corrected chi connectivity index (χ1v) is 7.16. The second-order valence-electron chi connectivity index (χ2n) is 4.95. The van der Waals surface area contributed by atoms with Crippen molar-refractivity contribution in [3.63, 3.8) is 0 Å². The second-order valence-corrected chi connectivity index (χ2v) is 5.26. The summed E-state index contributed by atoms with van der Waals surface area (Å²) in [6.07, 6.45) is 4.61. The zero-order valence-electron chi connectivity index (χ0n) is 10.9. The molecule has 17 heavy (non-hydrogen) atoms. The Bertz CT molecular complexity index is 261. The summed E-state index contributed by atoms with van der Waals surface area (Å²) in [7, 11) is 0. The first-order chi connectivity index (χ1) is 8.08. The highest BCUT2D eigenvalue weighted by Crippen LogP contribution is 2.30. The van der Waals surface area contributed by atoms with E-state index in [9.17, 15) is 9.59 Å². The first-order valence-electron chi connectivity index (χ1n) is 6.52. The van der Waals surface area contributed by atoms with Crippen molar-refractivity contribution in [3.8, 4) is 0 Å². The van der Waals surface area contributed by atoms with E-state index in [1.54, 1.807) is 0 Å². The van der Waals surface area contributed by atoms with Crippen LogP contribution in [0, 0.1) is 5.41 Å². The lowest BCUT2D eigenvalue weighted by molar-refractivity contribution is -0.145. The number of hydrogen-bond donors (Lipinski definition) is 1. The molecule has 2 amide bonds. The normalized spacial score (nSPS) is 18.4. The van der Waals surface area contributed by atoms with Gasteiger partial charge in [-0.1, -0.05) is 13.8 Å². The van der Waals surface area contributed by atoms with Gasteiger partial charge >= 0.3 is 0 Å². The van der Waals surface area contributed by atoms with Gasteiger partial charge < -0.3 is 0 Å². The zero-order valence-corrected chi connectivity index (χ0v) is 11.8. The number of amides is 2. The Morgan fingerprint density at radius 3 is 1.94 bits per heavy atom. The molecule has 0 aromatic rings. The van der Waals surface area contributed by atoms with Crippen molar-refractivity contribution in [2.24, 2.45) is 5.41 Å². The summed E-state index contributed by atoms with van der Waals surface area (Å²) in [6, 6.07) is 0. The Kier molecular flexibility index (Phi) is 5.50. The van der Waals surface area contributed by atoms with Gasteiger partial charge in [-0.2, -0.15) is 12.6 Å². The van der Waals surface area contributed by atoms with Crippen molar-refractivity contribution in [3.05, 3.63) is 0 Å². The fourth-order valence-electron chi connectivity index (χ4n) is 2.22. The van der Waals surface area contributed by atoms with Crippen LogP contribution in [0.1, 0.15) is 52.4 Å². The third kappa shape index (κ3) is 3.47. The largest absolute Gasteiger partial charge is 0.282 e. The second kappa shape index (κ2) is 6.43. The van der Waals surface area contributed by atoms with Gasteiger partial charge in [-0.05, 0) is 36.9 Å². The average molecular weight is 257 g/mol. The van der Waals surface area contributed by atoms with E-state index in [2.05, 4.69) is 26.5 Å². The molecule has 1 aliphatic heterocycles. The predicted molar refractivity (Wildman–Crippen MR) is 72.1 cm³/mol. The molecule has 0 radical (unpaired) electrons. The van der Waals surface area contributed by atoms with Crippen LogP contribution in [0.5, 0.6) is 0 Å². The zero-order chi connectivity index (χ0) is 12.9. The van der Waals surface area contributed by atoms with Crippen molar-refractivity contribution in [1.82, 2.24) is 4.90 Å². The van der Waals surface area contributed by atoms with Gasteiger partial charge in [0.05, 0.1) is 0 Å². The molecule has 0 aromatic carbocycles. The minimum Gasteiger partial charge on any atom is -0.282 e. The molecule has 0 unspecified atom stereocenters. The Morgan fingerprint density at radius 1 is 1.12 bits per heavy atom. The minimum absolute atomic E-state index is 0.000517. The van der Waals surface area contributed by atoms with Crippen molar-refractivity contribution >= 4 is 24.4 Å². The van der Waals surface area contributed by atoms with Crippen LogP contribution < -0.4 is 0 Å². The van der Waals surface area contributed by atoms with Crippen LogP contribution in [-0.4, -0.2) is 29.0 Å². The highest BCUT2D eigenvalue weighted by atomic mass is 32.1. The van der Waals surface area contributed by atoms with E-state index < -0.39 is 0 Å². The quantitative estimate of drug-likeness (QED) is 0.607.